The van der Waals surface area contributed by atoms with Crippen LogP contribution < -0.4 is 9.63 Å². The first kappa shape index (κ1) is 24.9. The third kappa shape index (κ3) is 5.67. The van der Waals surface area contributed by atoms with Crippen molar-refractivity contribution in [3.8, 4) is 0 Å². The minimum atomic E-state index is -0.991. The molecule has 1 atom stereocenters. The molecule has 7 heteroatoms. The molecule has 0 spiro atoms. The lowest BCUT2D eigenvalue weighted by Crippen LogP contribution is -2.43. The van der Waals surface area contributed by atoms with Crippen LogP contribution in [0.2, 0.25) is 0 Å². The fraction of sp³-hybridized carbons (Fsp3) is 0.739. The first-order valence-corrected chi connectivity index (χ1v) is 11.5. The molecule has 1 aliphatic rings. The molecule has 2 rings (SSSR count). The summed E-state index contributed by atoms with van der Waals surface area (Å²) in [6, 6.07) is 0. The largest absolute Gasteiger partial charge is 0.618 e. The average Bonchev–Trinajstić information content (AvgIpc) is 2.60. The topological polar surface area (TPSA) is 65.7 Å². The molecule has 1 aromatic rings. The zero-order valence-electron chi connectivity index (χ0n) is 19.9. The molecule has 0 radical (unpaired) electrons. The van der Waals surface area contributed by atoms with E-state index in [1.807, 2.05) is 34.6 Å². The summed E-state index contributed by atoms with van der Waals surface area (Å²) in [5.41, 5.74) is 2.16. The summed E-state index contributed by atoms with van der Waals surface area (Å²) in [5, 5.41) is 12.9. The van der Waals surface area contributed by atoms with Gasteiger partial charge < -0.3 is 19.6 Å². The maximum absolute atomic E-state index is 13.1. The van der Waals surface area contributed by atoms with Gasteiger partial charge in [0.1, 0.15) is 4.47 Å². The van der Waals surface area contributed by atoms with Crippen LogP contribution in [0.5, 0.6) is 0 Å². The highest BCUT2D eigenvalue weighted by atomic mass is 79.9. The van der Waals surface area contributed by atoms with Crippen molar-refractivity contribution in [1.29, 1.82) is 0 Å². The molecule has 1 aromatic heterocycles. The van der Waals surface area contributed by atoms with E-state index in [1.54, 1.807) is 13.8 Å². The number of hydrogen-bond acceptors (Lipinski definition) is 5. The lowest BCUT2D eigenvalue weighted by atomic mass is 9.82. The number of nitrogens with zero attached hydrogens (tertiary/aromatic N) is 2. The third-order valence-electron chi connectivity index (χ3n) is 5.51. The first-order chi connectivity index (χ1) is 13.6. The van der Waals surface area contributed by atoms with Crippen LogP contribution in [-0.4, -0.2) is 30.8 Å². The lowest BCUT2D eigenvalue weighted by Gasteiger charge is -2.40. The van der Waals surface area contributed by atoms with Crippen LogP contribution in [0.3, 0.4) is 0 Å². The second-order valence-electron chi connectivity index (χ2n) is 10.3. The number of piperidine rings is 1. The molecular weight excluding hydrogens is 448 g/mol. The average molecular weight is 485 g/mol. The van der Waals surface area contributed by atoms with E-state index in [-0.39, 0.29) is 11.5 Å². The second kappa shape index (κ2) is 9.03. The summed E-state index contributed by atoms with van der Waals surface area (Å²) in [5.74, 6) is -0.475. The van der Waals surface area contributed by atoms with Gasteiger partial charge in [-0.25, -0.2) is 4.79 Å². The third-order valence-corrected chi connectivity index (χ3v) is 6.46. The van der Waals surface area contributed by atoms with Crippen molar-refractivity contribution in [3.05, 3.63) is 26.6 Å². The minimum Gasteiger partial charge on any atom is -0.618 e. The lowest BCUT2D eigenvalue weighted by molar-refractivity contribution is -0.620. The van der Waals surface area contributed by atoms with Crippen molar-refractivity contribution in [2.75, 3.05) is 18.0 Å². The van der Waals surface area contributed by atoms with Gasteiger partial charge in [0.25, 0.3) is 0 Å². The number of halogens is 1. The Labute approximate surface area is 189 Å². The minimum absolute atomic E-state index is 0.276. The molecule has 2 heterocycles. The summed E-state index contributed by atoms with van der Waals surface area (Å²) in [4.78, 5) is 15.4. The van der Waals surface area contributed by atoms with Crippen molar-refractivity contribution < 1.29 is 19.0 Å². The fourth-order valence-electron chi connectivity index (χ4n) is 3.74. The zero-order chi connectivity index (χ0) is 23.0. The molecule has 0 aromatic carbocycles. The molecular formula is C23H37BrN2O4. The predicted molar refractivity (Wildman–Crippen MR) is 123 cm³/mol. The Bertz CT molecular complexity index is 790. The van der Waals surface area contributed by atoms with Crippen LogP contribution in [0.15, 0.2) is 4.47 Å². The van der Waals surface area contributed by atoms with Crippen LogP contribution in [-0.2, 0) is 14.3 Å². The fourth-order valence-corrected chi connectivity index (χ4v) is 4.37. The van der Waals surface area contributed by atoms with Gasteiger partial charge in [0.2, 0.25) is 5.69 Å². The predicted octanol–water partition coefficient (Wildman–Crippen LogP) is 5.13. The molecule has 0 N–H and O–H groups in total. The molecule has 0 unspecified atom stereocenters. The molecule has 30 heavy (non-hydrogen) atoms. The number of aromatic nitrogens is 1. The van der Waals surface area contributed by atoms with Crippen molar-refractivity contribution in [3.63, 3.8) is 0 Å². The van der Waals surface area contributed by atoms with E-state index in [9.17, 15) is 10.0 Å². The summed E-state index contributed by atoms with van der Waals surface area (Å²) in [6.07, 6.45) is 0.792. The van der Waals surface area contributed by atoms with Gasteiger partial charge in [0.05, 0.1) is 23.0 Å². The maximum atomic E-state index is 13.1. The quantitative estimate of drug-likeness (QED) is 0.329. The number of carbonyl (C=O) groups is 1. The number of ether oxygens (including phenoxy) is 2. The highest BCUT2D eigenvalue weighted by molar-refractivity contribution is 9.10. The highest BCUT2D eigenvalue weighted by Crippen LogP contribution is 2.42. The van der Waals surface area contributed by atoms with Crippen LogP contribution >= 0.6 is 15.9 Å². The summed E-state index contributed by atoms with van der Waals surface area (Å²) < 4.78 is 13.3. The molecule has 0 amide bonds. The Balaban J connectivity index is 2.68. The van der Waals surface area contributed by atoms with Gasteiger partial charge >= 0.3 is 5.97 Å². The molecule has 1 aliphatic heterocycles. The van der Waals surface area contributed by atoms with Gasteiger partial charge in [-0.05, 0) is 68.8 Å². The van der Waals surface area contributed by atoms with Gasteiger partial charge in [0.15, 0.2) is 11.8 Å². The van der Waals surface area contributed by atoms with Gasteiger partial charge in [-0.3, -0.25) is 0 Å². The van der Waals surface area contributed by atoms with E-state index in [4.69, 9.17) is 9.47 Å². The van der Waals surface area contributed by atoms with E-state index < -0.39 is 17.7 Å². The summed E-state index contributed by atoms with van der Waals surface area (Å²) in [6.45, 7) is 19.1. The standard InChI is InChI=1S/C23H37BrN2O4/c1-14(2)29-21(27)20(30-22(5,6)7)17-15(3)26(28)16(4)18(24)19(17)25-12-10-23(8,9)11-13-25/h14,20H,10-13H2,1-9H3/t20-/m0/s1. The highest BCUT2D eigenvalue weighted by Gasteiger charge is 2.39. The Morgan fingerprint density at radius 1 is 1.17 bits per heavy atom. The molecule has 1 fully saturated rings. The van der Waals surface area contributed by atoms with Crippen molar-refractivity contribution >= 4 is 27.6 Å². The molecule has 170 valence electrons. The van der Waals surface area contributed by atoms with Crippen molar-refractivity contribution in [2.24, 2.45) is 5.41 Å². The Hall–Kier alpha value is -1.34. The van der Waals surface area contributed by atoms with E-state index in [1.165, 1.54) is 0 Å². The Morgan fingerprint density at radius 3 is 2.17 bits per heavy atom. The molecule has 0 saturated carbocycles. The molecule has 6 nitrogen and oxygen atoms in total. The SMILES string of the molecule is Cc1c(Br)c(N2CCC(C)(C)CC2)c([C@H](OC(C)(C)C)C(=O)OC(C)C)c(C)[n+]1[O-]. The molecule has 1 saturated heterocycles. The summed E-state index contributed by atoms with van der Waals surface area (Å²) >= 11 is 3.66. The smallest absolute Gasteiger partial charge is 0.340 e. The van der Waals surface area contributed by atoms with Gasteiger partial charge in [0, 0.05) is 26.9 Å². The second-order valence-corrected chi connectivity index (χ2v) is 11.1. The molecule has 0 bridgehead atoms. The molecule has 0 aliphatic carbocycles. The monoisotopic (exact) mass is 484 g/mol. The number of pyridine rings is 1. The van der Waals surface area contributed by atoms with Crippen LogP contribution in [0, 0.1) is 24.5 Å². The van der Waals surface area contributed by atoms with Gasteiger partial charge in [-0.1, -0.05) is 13.8 Å². The Morgan fingerprint density at radius 2 is 1.70 bits per heavy atom. The number of carbonyl (C=O) groups excluding carboxylic acids is 1. The van der Waals surface area contributed by atoms with E-state index in [2.05, 4.69) is 34.7 Å². The normalized spacial score (nSPS) is 17.9. The number of anilines is 1. The van der Waals surface area contributed by atoms with Gasteiger partial charge in [-0.2, -0.15) is 4.73 Å². The van der Waals surface area contributed by atoms with Gasteiger partial charge in [-0.15, -0.1) is 0 Å². The first-order valence-electron chi connectivity index (χ1n) is 10.7. The Kier molecular flexibility index (Phi) is 7.50. The van der Waals surface area contributed by atoms with E-state index in [0.29, 0.717) is 21.4 Å². The maximum Gasteiger partial charge on any atom is 0.340 e. The summed E-state index contributed by atoms with van der Waals surface area (Å²) in [7, 11) is 0. The number of hydrogen-bond donors (Lipinski definition) is 0. The van der Waals surface area contributed by atoms with E-state index in [0.717, 1.165) is 36.3 Å². The van der Waals surface area contributed by atoms with Crippen LogP contribution in [0.4, 0.5) is 5.69 Å². The van der Waals surface area contributed by atoms with Crippen molar-refractivity contribution in [1.82, 2.24) is 0 Å². The van der Waals surface area contributed by atoms with E-state index >= 15 is 0 Å². The van der Waals surface area contributed by atoms with Crippen LogP contribution in [0.1, 0.15) is 84.4 Å². The van der Waals surface area contributed by atoms with Crippen LogP contribution in [0.25, 0.3) is 0 Å². The number of esters is 1. The zero-order valence-corrected chi connectivity index (χ0v) is 21.5. The number of rotatable bonds is 5. The van der Waals surface area contributed by atoms with Crippen molar-refractivity contribution in [2.45, 2.75) is 93.0 Å².